The molecule has 0 amide bonds. The fraction of sp³-hybridized carbons (Fsp3) is 0.360. The topological polar surface area (TPSA) is 0 Å². The van der Waals surface area contributed by atoms with Crippen LogP contribution in [0.3, 0.4) is 0 Å². The number of rotatable bonds is 4. The van der Waals surface area contributed by atoms with Crippen LogP contribution in [0.1, 0.15) is 68.7 Å². The normalized spacial score (nSPS) is 11.7. The van der Waals surface area contributed by atoms with Gasteiger partial charge in [-0.2, -0.15) is 0 Å². The Morgan fingerprint density at radius 1 is 0.720 bits per heavy atom. The zero-order valence-corrected chi connectivity index (χ0v) is 16.5. The first-order valence-electron chi connectivity index (χ1n) is 9.58. The van der Waals surface area contributed by atoms with E-state index in [4.69, 9.17) is 0 Å². The molecule has 0 aliphatic rings. The van der Waals surface area contributed by atoms with Crippen LogP contribution in [0.5, 0.6) is 0 Å². The van der Waals surface area contributed by atoms with Crippen molar-refractivity contribution in [1.29, 1.82) is 0 Å². The highest BCUT2D eigenvalue weighted by molar-refractivity contribution is 5.92. The zero-order valence-electron chi connectivity index (χ0n) is 16.5. The van der Waals surface area contributed by atoms with Gasteiger partial charge in [0.25, 0.3) is 0 Å². The van der Waals surface area contributed by atoms with Gasteiger partial charge < -0.3 is 0 Å². The fourth-order valence-corrected chi connectivity index (χ4v) is 3.68. The molecule has 0 nitrogen and oxygen atoms in total. The standard InChI is InChI=1S/C25H30/c1-7-19-14-20(16(2)3)9-13-25(19)24-12-10-22-15-21(17(4)5)8-11-23(22)18(24)6/h8-17H,7H2,1-6H3. The van der Waals surface area contributed by atoms with Gasteiger partial charge in [0, 0.05) is 0 Å². The molecule has 0 atom stereocenters. The molecule has 0 aromatic heterocycles. The molecule has 0 radical (unpaired) electrons. The quantitative estimate of drug-likeness (QED) is 0.461. The van der Waals surface area contributed by atoms with E-state index in [1.807, 2.05) is 0 Å². The monoisotopic (exact) mass is 330 g/mol. The van der Waals surface area contributed by atoms with Crippen molar-refractivity contribution in [2.75, 3.05) is 0 Å². The third-order valence-corrected chi connectivity index (χ3v) is 5.45. The number of hydrogen-bond donors (Lipinski definition) is 0. The molecule has 25 heavy (non-hydrogen) atoms. The van der Waals surface area contributed by atoms with Gasteiger partial charge in [-0.15, -0.1) is 0 Å². The van der Waals surface area contributed by atoms with Gasteiger partial charge in [-0.3, -0.25) is 0 Å². The van der Waals surface area contributed by atoms with Crippen molar-refractivity contribution in [3.05, 3.63) is 70.8 Å². The minimum Gasteiger partial charge on any atom is -0.0613 e. The minimum atomic E-state index is 0.569. The van der Waals surface area contributed by atoms with Gasteiger partial charge in [-0.1, -0.05) is 83.1 Å². The van der Waals surface area contributed by atoms with Crippen molar-refractivity contribution in [1.82, 2.24) is 0 Å². The van der Waals surface area contributed by atoms with E-state index in [1.54, 1.807) is 0 Å². The molecule has 0 aliphatic heterocycles. The molecule has 0 aliphatic carbocycles. The van der Waals surface area contributed by atoms with E-state index in [0.717, 1.165) is 6.42 Å². The largest absolute Gasteiger partial charge is 0.0613 e. The Morgan fingerprint density at radius 3 is 1.96 bits per heavy atom. The van der Waals surface area contributed by atoms with E-state index >= 15 is 0 Å². The maximum atomic E-state index is 2.39. The Balaban J connectivity index is 2.16. The number of fused-ring (bicyclic) bond motifs is 1. The molecule has 130 valence electrons. The first-order chi connectivity index (χ1) is 11.9. The van der Waals surface area contributed by atoms with Crippen LogP contribution in [0, 0.1) is 6.92 Å². The molecule has 0 spiro atoms. The van der Waals surface area contributed by atoms with Crippen LogP contribution in [0.4, 0.5) is 0 Å². The second-order valence-electron chi connectivity index (χ2n) is 7.80. The van der Waals surface area contributed by atoms with Gasteiger partial charge >= 0.3 is 0 Å². The maximum Gasteiger partial charge on any atom is -0.0146 e. The first-order valence-corrected chi connectivity index (χ1v) is 9.58. The van der Waals surface area contributed by atoms with Crippen molar-refractivity contribution < 1.29 is 0 Å². The third-order valence-electron chi connectivity index (χ3n) is 5.45. The van der Waals surface area contributed by atoms with E-state index in [2.05, 4.69) is 90.1 Å². The smallest absolute Gasteiger partial charge is 0.0146 e. The first kappa shape index (κ1) is 17.7. The summed E-state index contributed by atoms with van der Waals surface area (Å²) in [6.45, 7) is 13.6. The highest BCUT2D eigenvalue weighted by Gasteiger charge is 2.12. The molecule has 0 saturated heterocycles. The molecule has 0 bridgehead atoms. The molecular weight excluding hydrogens is 300 g/mol. The van der Waals surface area contributed by atoms with Gasteiger partial charge in [0.2, 0.25) is 0 Å². The van der Waals surface area contributed by atoms with E-state index in [0.29, 0.717) is 11.8 Å². The van der Waals surface area contributed by atoms with Gasteiger partial charge in [0.1, 0.15) is 0 Å². The van der Waals surface area contributed by atoms with Gasteiger partial charge in [-0.05, 0) is 69.3 Å². The second-order valence-corrected chi connectivity index (χ2v) is 7.80. The van der Waals surface area contributed by atoms with Crippen molar-refractivity contribution in [2.24, 2.45) is 0 Å². The lowest BCUT2D eigenvalue weighted by molar-refractivity contribution is 0.863. The van der Waals surface area contributed by atoms with Gasteiger partial charge in [-0.25, -0.2) is 0 Å². The predicted molar refractivity (Wildman–Crippen MR) is 112 cm³/mol. The maximum absolute atomic E-state index is 2.39. The summed E-state index contributed by atoms with van der Waals surface area (Å²) in [4.78, 5) is 0. The Labute approximate surface area is 152 Å². The van der Waals surface area contributed by atoms with E-state index in [9.17, 15) is 0 Å². The van der Waals surface area contributed by atoms with Crippen molar-refractivity contribution in [3.63, 3.8) is 0 Å². The van der Waals surface area contributed by atoms with E-state index < -0.39 is 0 Å². The van der Waals surface area contributed by atoms with Crippen LogP contribution in [-0.2, 0) is 6.42 Å². The van der Waals surface area contributed by atoms with E-state index in [-0.39, 0.29) is 0 Å². The summed E-state index contributed by atoms with van der Waals surface area (Å²) in [6, 6.07) is 18.6. The van der Waals surface area contributed by atoms with Gasteiger partial charge in [0.05, 0.1) is 0 Å². The molecule has 0 heterocycles. The lowest BCUT2D eigenvalue weighted by atomic mass is 9.88. The molecule has 3 rings (SSSR count). The predicted octanol–water partition coefficient (Wildman–Crippen LogP) is 7.62. The Bertz CT molecular complexity index is 897. The van der Waals surface area contributed by atoms with Crippen LogP contribution in [0.2, 0.25) is 0 Å². The lowest BCUT2D eigenvalue weighted by Crippen LogP contribution is -1.96. The van der Waals surface area contributed by atoms with Crippen LogP contribution >= 0.6 is 0 Å². The van der Waals surface area contributed by atoms with Crippen LogP contribution < -0.4 is 0 Å². The molecule has 0 fully saturated rings. The van der Waals surface area contributed by atoms with E-state index in [1.165, 1.54) is 44.2 Å². The lowest BCUT2D eigenvalue weighted by Gasteiger charge is -2.16. The summed E-state index contributed by atoms with van der Waals surface area (Å²) in [7, 11) is 0. The van der Waals surface area contributed by atoms with Crippen LogP contribution in [-0.4, -0.2) is 0 Å². The number of hydrogen-bond acceptors (Lipinski definition) is 0. The minimum absolute atomic E-state index is 0.569. The Morgan fingerprint density at radius 2 is 1.32 bits per heavy atom. The highest BCUT2D eigenvalue weighted by atomic mass is 14.2. The summed E-state index contributed by atoms with van der Waals surface area (Å²) in [5, 5.41) is 2.72. The zero-order chi connectivity index (χ0) is 18.1. The van der Waals surface area contributed by atoms with Crippen molar-refractivity contribution >= 4 is 10.8 Å². The summed E-state index contributed by atoms with van der Waals surface area (Å²) < 4.78 is 0. The Hall–Kier alpha value is -2.08. The molecule has 3 aromatic rings. The highest BCUT2D eigenvalue weighted by Crippen LogP contribution is 2.34. The fourth-order valence-electron chi connectivity index (χ4n) is 3.68. The average molecular weight is 331 g/mol. The number of aryl methyl sites for hydroxylation is 2. The van der Waals surface area contributed by atoms with Crippen LogP contribution in [0.25, 0.3) is 21.9 Å². The summed E-state index contributed by atoms with van der Waals surface area (Å²) in [5.74, 6) is 1.14. The molecule has 0 saturated carbocycles. The summed E-state index contributed by atoms with van der Waals surface area (Å²) in [5.41, 5.74) is 8.44. The Kier molecular flexibility index (Phi) is 4.99. The third kappa shape index (κ3) is 3.35. The molecule has 0 unspecified atom stereocenters. The summed E-state index contributed by atoms with van der Waals surface area (Å²) in [6.07, 6.45) is 1.07. The van der Waals surface area contributed by atoms with Crippen molar-refractivity contribution in [3.8, 4) is 11.1 Å². The average Bonchev–Trinajstić information content (AvgIpc) is 2.61. The van der Waals surface area contributed by atoms with Gasteiger partial charge in [0.15, 0.2) is 0 Å². The number of benzene rings is 3. The second kappa shape index (κ2) is 7.04. The molecule has 0 N–H and O–H groups in total. The van der Waals surface area contributed by atoms with Crippen LogP contribution in [0.15, 0.2) is 48.5 Å². The molecule has 3 aromatic carbocycles. The molecular formula is C25H30. The molecule has 0 heteroatoms. The van der Waals surface area contributed by atoms with Crippen molar-refractivity contribution in [2.45, 2.75) is 59.8 Å². The summed E-state index contributed by atoms with van der Waals surface area (Å²) >= 11 is 0. The SMILES string of the molecule is CCc1cc(C(C)C)ccc1-c1ccc2cc(C(C)C)ccc2c1C.